The number of anilines is 1. The summed E-state index contributed by atoms with van der Waals surface area (Å²) in [6.45, 7) is 0.776. The fourth-order valence-corrected chi connectivity index (χ4v) is 2.56. The summed E-state index contributed by atoms with van der Waals surface area (Å²) in [4.78, 5) is 0. The van der Waals surface area contributed by atoms with Crippen molar-refractivity contribution in [2.75, 3.05) is 18.5 Å². The van der Waals surface area contributed by atoms with Crippen LogP contribution in [0.4, 0.5) is 10.1 Å². The predicted molar refractivity (Wildman–Crippen MR) is 67.6 cm³/mol. The third kappa shape index (κ3) is 2.80. The lowest BCUT2D eigenvalue weighted by atomic mass is 9.87. The van der Waals surface area contributed by atoms with E-state index >= 15 is 0 Å². The van der Waals surface area contributed by atoms with E-state index in [0.29, 0.717) is 17.8 Å². The molecule has 0 amide bonds. The van der Waals surface area contributed by atoms with Gasteiger partial charge in [0.2, 0.25) is 0 Å². The number of halogens is 1. The van der Waals surface area contributed by atoms with Gasteiger partial charge in [-0.25, -0.2) is 4.39 Å². The van der Waals surface area contributed by atoms with E-state index in [4.69, 9.17) is 5.26 Å². The first-order valence-electron chi connectivity index (χ1n) is 6.23. The number of aliphatic hydroxyl groups excluding tert-OH is 1. The molecule has 0 saturated heterocycles. The normalized spacial score (nSPS) is 17.4. The minimum Gasteiger partial charge on any atom is -0.396 e. The molecule has 0 unspecified atom stereocenters. The number of nitrogens with one attached hydrogen (secondary N) is 1. The molecule has 1 aliphatic rings. The SMILES string of the molecule is N#Cc1cc(F)cc(NCC2(CO)CCCC2)c1. The second kappa shape index (κ2) is 5.36. The zero-order valence-electron chi connectivity index (χ0n) is 10.2. The van der Waals surface area contributed by atoms with Gasteiger partial charge in [-0.2, -0.15) is 5.26 Å². The summed E-state index contributed by atoms with van der Waals surface area (Å²) in [5, 5.41) is 21.4. The van der Waals surface area contributed by atoms with E-state index in [1.54, 1.807) is 6.07 Å². The average molecular weight is 248 g/mol. The zero-order chi connectivity index (χ0) is 13.0. The molecule has 18 heavy (non-hydrogen) atoms. The van der Waals surface area contributed by atoms with Crippen molar-refractivity contribution in [3.63, 3.8) is 0 Å². The summed E-state index contributed by atoms with van der Waals surface area (Å²) in [5.41, 5.74) is 0.826. The molecule has 0 heterocycles. The Morgan fingerprint density at radius 2 is 2.06 bits per heavy atom. The Kier molecular flexibility index (Phi) is 3.83. The van der Waals surface area contributed by atoms with E-state index in [1.165, 1.54) is 12.1 Å². The highest BCUT2D eigenvalue weighted by atomic mass is 19.1. The molecule has 96 valence electrons. The summed E-state index contributed by atoms with van der Waals surface area (Å²) >= 11 is 0. The largest absolute Gasteiger partial charge is 0.396 e. The summed E-state index contributed by atoms with van der Waals surface area (Å²) in [5.74, 6) is -0.416. The molecular weight excluding hydrogens is 231 g/mol. The van der Waals surface area contributed by atoms with Gasteiger partial charge >= 0.3 is 0 Å². The quantitative estimate of drug-likeness (QED) is 0.861. The third-order valence-corrected chi connectivity index (χ3v) is 3.69. The minimum absolute atomic E-state index is 0.0842. The first-order chi connectivity index (χ1) is 8.67. The van der Waals surface area contributed by atoms with E-state index in [2.05, 4.69) is 5.32 Å². The van der Waals surface area contributed by atoms with Crippen LogP contribution in [-0.4, -0.2) is 18.3 Å². The first-order valence-corrected chi connectivity index (χ1v) is 6.23. The van der Waals surface area contributed by atoms with Gasteiger partial charge in [0.15, 0.2) is 0 Å². The molecule has 2 rings (SSSR count). The van der Waals surface area contributed by atoms with Crippen molar-refractivity contribution >= 4 is 5.69 Å². The van der Waals surface area contributed by atoms with Crippen LogP contribution in [0.3, 0.4) is 0 Å². The Labute approximate surface area is 106 Å². The lowest BCUT2D eigenvalue weighted by molar-refractivity contribution is 0.142. The van der Waals surface area contributed by atoms with Gasteiger partial charge in [0.05, 0.1) is 18.2 Å². The van der Waals surface area contributed by atoms with Gasteiger partial charge in [-0.1, -0.05) is 12.8 Å². The van der Waals surface area contributed by atoms with Crippen molar-refractivity contribution < 1.29 is 9.50 Å². The highest BCUT2D eigenvalue weighted by Gasteiger charge is 2.32. The molecule has 1 aromatic rings. The number of aliphatic hydroxyl groups is 1. The molecular formula is C14H17FN2O. The summed E-state index contributed by atoms with van der Waals surface area (Å²) in [6, 6.07) is 6.15. The van der Waals surface area contributed by atoms with Crippen molar-refractivity contribution in [2.24, 2.45) is 5.41 Å². The number of nitrogens with zero attached hydrogens (tertiary/aromatic N) is 1. The lowest BCUT2D eigenvalue weighted by Gasteiger charge is -2.27. The minimum atomic E-state index is -0.416. The topological polar surface area (TPSA) is 56.0 Å². The molecule has 2 N–H and O–H groups in total. The number of hydrogen-bond acceptors (Lipinski definition) is 3. The van der Waals surface area contributed by atoms with Crippen LogP contribution < -0.4 is 5.32 Å². The maximum atomic E-state index is 13.3. The molecule has 0 spiro atoms. The molecule has 1 saturated carbocycles. The summed E-state index contributed by atoms with van der Waals surface area (Å²) in [6.07, 6.45) is 4.26. The number of nitriles is 1. The number of hydrogen-bond donors (Lipinski definition) is 2. The van der Waals surface area contributed by atoms with Crippen LogP contribution in [0.1, 0.15) is 31.2 Å². The molecule has 0 radical (unpaired) electrons. The summed E-state index contributed by atoms with van der Waals surface area (Å²) in [7, 11) is 0. The molecule has 0 atom stereocenters. The second-order valence-corrected chi connectivity index (χ2v) is 5.06. The molecule has 3 nitrogen and oxygen atoms in total. The Morgan fingerprint density at radius 1 is 1.33 bits per heavy atom. The predicted octanol–water partition coefficient (Wildman–Crippen LogP) is 2.66. The van der Waals surface area contributed by atoms with Crippen LogP contribution in [0.2, 0.25) is 0 Å². The second-order valence-electron chi connectivity index (χ2n) is 5.06. The average Bonchev–Trinajstić information content (AvgIpc) is 2.85. The van der Waals surface area contributed by atoms with Crippen LogP contribution in [0.5, 0.6) is 0 Å². The highest BCUT2D eigenvalue weighted by molar-refractivity contribution is 5.49. The number of benzene rings is 1. The van der Waals surface area contributed by atoms with Gasteiger partial charge in [0.1, 0.15) is 5.82 Å². The molecule has 1 aliphatic carbocycles. The molecule has 0 aromatic heterocycles. The van der Waals surface area contributed by atoms with Crippen LogP contribution in [0, 0.1) is 22.6 Å². The van der Waals surface area contributed by atoms with Crippen molar-refractivity contribution in [3.05, 3.63) is 29.6 Å². The van der Waals surface area contributed by atoms with Crippen molar-refractivity contribution in [1.82, 2.24) is 0 Å². The van der Waals surface area contributed by atoms with Gasteiger partial charge in [0, 0.05) is 17.6 Å². The van der Waals surface area contributed by atoms with Gasteiger partial charge < -0.3 is 10.4 Å². The van der Waals surface area contributed by atoms with Crippen LogP contribution in [0.15, 0.2) is 18.2 Å². The molecule has 0 bridgehead atoms. The van der Waals surface area contributed by atoms with E-state index in [0.717, 1.165) is 25.7 Å². The lowest BCUT2D eigenvalue weighted by Crippen LogP contribution is -2.30. The Hall–Kier alpha value is -1.60. The Bertz CT molecular complexity index is 461. The van der Waals surface area contributed by atoms with E-state index in [9.17, 15) is 9.50 Å². The highest BCUT2D eigenvalue weighted by Crippen LogP contribution is 2.37. The Morgan fingerprint density at radius 3 is 2.67 bits per heavy atom. The van der Waals surface area contributed by atoms with E-state index in [1.807, 2.05) is 6.07 Å². The summed E-state index contributed by atoms with van der Waals surface area (Å²) < 4.78 is 13.3. The van der Waals surface area contributed by atoms with Crippen LogP contribution in [-0.2, 0) is 0 Å². The van der Waals surface area contributed by atoms with E-state index in [-0.39, 0.29) is 12.0 Å². The van der Waals surface area contributed by atoms with Crippen molar-refractivity contribution in [2.45, 2.75) is 25.7 Å². The van der Waals surface area contributed by atoms with Crippen LogP contribution >= 0.6 is 0 Å². The van der Waals surface area contributed by atoms with Gasteiger partial charge in [0.25, 0.3) is 0 Å². The molecule has 1 aromatic carbocycles. The van der Waals surface area contributed by atoms with Crippen molar-refractivity contribution in [3.8, 4) is 6.07 Å². The van der Waals surface area contributed by atoms with Gasteiger partial charge in [-0.15, -0.1) is 0 Å². The molecule has 0 aliphatic heterocycles. The molecule has 4 heteroatoms. The zero-order valence-corrected chi connectivity index (χ0v) is 10.2. The third-order valence-electron chi connectivity index (χ3n) is 3.69. The van der Waals surface area contributed by atoms with Gasteiger partial charge in [-0.3, -0.25) is 0 Å². The van der Waals surface area contributed by atoms with Crippen LogP contribution in [0.25, 0.3) is 0 Å². The van der Waals surface area contributed by atoms with Crippen molar-refractivity contribution in [1.29, 1.82) is 5.26 Å². The van der Waals surface area contributed by atoms with E-state index < -0.39 is 5.82 Å². The number of rotatable bonds is 4. The fourth-order valence-electron chi connectivity index (χ4n) is 2.56. The Balaban J connectivity index is 2.06. The first kappa shape index (κ1) is 12.8. The van der Waals surface area contributed by atoms with Gasteiger partial charge in [-0.05, 0) is 31.0 Å². The maximum Gasteiger partial charge on any atom is 0.126 e. The fraction of sp³-hybridized carbons (Fsp3) is 0.500. The monoisotopic (exact) mass is 248 g/mol. The molecule has 1 fully saturated rings. The standard InChI is InChI=1S/C14H17FN2O/c15-12-5-11(8-16)6-13(7-12)17-9-14(10-18)3-1-2-4-14/h5-7,17-18H,1-4,9-10H2. The maximum absolute atomic E-state index is 13.3. The smallest absolute Gasteiger partial charge is 0.126 e.